The zero-order valence-corrected chi connectivity index (χ0v) is 13.1. The Morgan fingerprint density at radius 1 is 1.08 bits per heavy atom. The first-order valence-corrected chi connectivity index (χ1v) is 7.60. The SMILES string of the molecule is COc1ccc2nccc(NCc3ccc4[nH]c(=O)[nH]c4c3)c2c1. The number of aromatic amines is 2. The van der Waals surface area contributed by atoms with Crippen molar-refractivity contribution in [1.29, 1.82) is 0 Å². The lowest BCUT2D eigenvalue weighted by atomic mass is 10.1. The van der Waals surface area contributed by atoms with Gasteiger partial charge in [-0.25, -0.2) is 4.79 Å². The first-order valence-electron chi connectivity index (χ1n) is 7.60. The van der Waals surface area contributed by atoms with Crippen molar-refractivity contribution in [3.63, 3.8) is 0 Å². The van der Waals surface area contributed by atoms with E-state index in [0.717, 1.165) is 38.9 Å². The largest absolute Gasteiger partial charge is 0.497 e. The smallest absolute Gasteiger partial charge is 0.323 e. The van der Waals surface area contributed by atoms with Gasteiger partial charge in [0, 0.05) is 23.8 Å². The van der Waals surface area contributed by atoms with Gasteiger partial charge in [0.25, 0.3) is 0 Å². The summed E-state index contributed by atoms with van der Waals surface area (Å²) in [5, 5.41) is 4.44. The molecule has 0 atom stereocenters. The highest BCUT2D eigenvalue weighted by molar-refractivity contribution is 5.92. The number of aromatic nitrogens is 3. The van der Waals surface area contributed by atoms with E-state index >= 15 is 0 Å². The summed E-state index contributed by atoms with van der Waals surface area (Å²) in [7, 11) is 1.65. The summed E-state index contributed by atoms with van der Waals surface area (Å²) in [6, 6.07) is 13.6. The van der Waals surface area contributed by atoms with E-state index in [0.29, 0.717) is 6.54 Å². The highest BCUT2D eigenvalue weighted by Crippen LogP contribution is 2.26. The van der Waals surface area contributed by atoms with Crippen molar-refractivity contribution >= 4 is 27.6 Å². The molecule has 2 aromatic heterocycles. The van der Waals surface area contributed by atoms with Crippen molar-refractivity contribution in [2.45, 2.75) is 6.54 Å². The van der Waals surface area contributed by atoms with Gasteiger partial charge in [-0.3, -0.25) is 4.98 Å². The predicted molar refractivity (Wildman–Crippen MR) is 94.5 cm³/mol. The van der Waals surface area contributed by atoms with E-state index < -0.39 is 0 Å². The molecule has 0 unspecified atom stereocenters. The lowest BCUT2D eigenvalue weighted by Gasteiger charge is -2.10. The van der Waals surface area contributed by atoms with Crippen LogP contribution in [0.5, 0.6) is 5.75 Å². The maximum Gasteiger partial charge on any atom is 0.323 e. The molecule has 0 aliphatic carbocycles. The average Bonchev–Trinajstić information content (AvgIpc) is 2.98. The molecular formula is C18H16N4O2. The molecule has 0 radical (unpaired) electrons. The molecule has 0 amide bonds. The molecule has 0 spiro atoms. The molecule has 2 heterocycles. The first kappa shape index (κ1) is 14.3. The van der Waals surface area contributed by atoms with E-state index in [-0.39, 0.29) is 5.69 Å². The number of pyridine rings is 1. The lowest BCUT2D eigenvalue weighted by molar-refractivity contribution is 0.415. The van der Waals surface area contributed by atoms with E-state index in [9.17, 15) is 4.79 Å². The number of benzene rings is 2. The molecule has 2 aromatic carbocycles. The van der Waals surface area contributed by atoms with Gasteiger partial charge < -0.3 is 20.0 Å². The Hall–Kier alpha value is -3.28. The van der Waals surface area contributed by atoms with Gasteiger partial charge in [-0.05, 0) is 42.0 Å². The van der Waals surface area contributed by atoms with Crippen LogP contribution in [0.2, 0.25) is 0 Å². The molecule has 6 nitrogen and oxygen atoms in total. The minimum Gasteiger partial charge on any atom is -0.497 e. The standard InChI is InChI=1S/C18H16N4O2/c1-24-12-3-5-14-13(9-12)15(6-7-19-14)20-10-11-2-4-16-17(8-11)22-18(23)21-16/h2-9H,10H2,1H3,(H,19,20)(H2,21,22,23). The van der Waals surface area contributed by atoms with Crippen molar-refractivity contribution in [3.05, 3.63) is 64.7 Å². The predicted octanol–water partition coefficient (Wildman–Crippen LogP) is 3.03. The van der Waals surface area contributed by atoms with Crippen LogP contribution in [0, 0.1) is 0 Å². The van der Waals surface area contributed by atoms with Crippen LogP contribution in [0.1, 0.15) is 5.56 Å². The number of H-pyrrole nitrogens is 2. The second-order valence-electron chi connectivity index (χ2n) is 5.55. The second kappa shape index (κ2) is 5.73. The summed E-state index contributed by atoms with van der Waals surface area (Å²) >= 11 is 0. The van der Waals surface area contributed by atoms with Gasteiger partial charge in [0.2, 0.25) is 0 Å². The molecule has 0 aliphatic rings. The lowest BCUT2D eigenvalue weighted by Crippen LogP contribution is -2.00. The number of ether oxygens (including phenoxy) is 1. The third kappa shape index (κ3) is 2.58. The first-order chi connectivity index (χ1) is 11.7. The topological polar surface area (TPSA) is 82.8 Å². The molecule has 24 heavy (non-hydrogen) atoms. The Labute approximate surface area is 137 Å². The van der Waals surface area contributed by atoms with E-state index in [1.54, 1.807) is 13.3 Å². The molecule has 6 heteroatoms. The number of imidazole rings is 1. The summed E-state index contributed by atoms with van der Waals surface area (Å²) in [5.41, 5.74) is 4.39. The van der Waals surface area contributed by atoms with E-state index in [1.807, 2.05) is 42.5 Å². The van der Waals surface area contributed by atoms with Crippen molar-refractivity contribution in [3.8, 4) is 5.75 Å². The number of hydrogen-bond donors (Lipinski definition) is 3. The summed E-state index contributed by atoms with van der Waals surface area (Å²) in [6.45, 7) is 0.638. The molecule has 120 valence electrons. The Morgan fingerprint density at radius 2 is 1.96 bits per heavy atom. The maximum absolute atomic E-state index is 11.3. The van der Waals surface area contributed by atoms with Crippen molar-refractivity contribution in [2.75, 3.05) is 12.4 Å². The molecule has 0 saturated carbocycles. The van der Waals surface area contributed by atoms with Crippen molar-refractivity contribution < 1.29 is 4.74 Å². The number of anilines is 1. The number of methoxy groups -OCH3 is 1. The van der Waals surface area contributed by atoms with Gasteiger partial charge in [0.05, 0.1) is 23.7 Å². The molecule has 0 saturated heterocycles. The third-order valence-corrected chi connectivity index (χ3v) is 4.01. The van der Waals surface area contributed by atoms with Gasteiger partial charge in [-0.2, -0.15) is 0 Å². The van der Waals surface area contributed by atoms with E-state index in [2.05, 4.69) is 20.3 Å². The normalized spacial score (nSPS) is 11.0. The number of fused-ring (bicyclic) bond motifs is 2. The van der Waals surface area contributed by atoms with Crippen LogP contribution in [0.15, 0.2) is 53.5 Å². The van der Waals surface area contributed by atoms with Crippen LogP contribution in [0.4, 0.5) is 5.69 Å². The maximum atomic E-state index is 11.3. The average molecular weight is 320 g/mol. The van der Waals surface area contributed by atoms with E-state index in [1.165, 1.54) is 0 Å². The molecule has 0 bridgehead atoms. The third-order valence-electron chi connectivity index (χ3n) is 4.01. The Morgan fingerprint density at radius 3 is 2.83 bits per heavy atom. The van der Waals surface area contributed by atoms with Gasteiger partial charge in [0.15, 0.2) is 0 Å². The molecule has 0 fully saturated rings. The molecule has 3 N–H and O–H groups in total. The summed E-state index contributed by atoms with van der Waals surface area (Å²) < 4.78 is 5.30. The molecule has 4 rings (SSSR count). The second-order valence-corrected chi connectivity index (χ2v) is 5.55. The van der Waals surface area contributed by atoms with Crippen LogP contribution in [-0.4, -0.2) is 22.1 Å². The molecule has 0 aliphatic heterocycles. The van der Waals surface area contributed by atoms with Crippen LogP contribution < -0.4 is 15.7 Å². The van der Waals surface area contributed by atoms with Crippen LogP contribution >= 0.6 is 0 Å². The zero-order chi connectivity index (χ0) is 16.5. The highest BCUT2D eigenvalue weighted by atomic mass is 16.5. The summed E-state index contributed by atoms with van der Waals surface area (Å²) in [6.07, 6.45) is 1.78. The fourth-order valence-corrected chi connectivity index (χ4v) is 2.79. The Bertz CT molecular complexity index is 1080. The fraction of sp³-hybridized carbons (Fsp3) is 0.111. The van der Waals surface area contributed by atoms with Crippen LogP contribution in [0.3, 0.4) is 0 Å². The Kier molecular flexibility index (Phi) is 3.42. The number of nitrogens with zero attached hydrogens (tertiary/aromatic N) is 1. The molecule has 4 aromatic rings. The quantitative estimate of drug-likeness (QED) is 0.540. The number of rotatable bonds is 4. The van der Waals surface area contributed by atoms with E-state index in [4.69, 9.17) is 4.74 Å². The monoisotopic (exact) mass is 320 g/mol. The molecular weight excluding hydrogens is 304 g/mol. The van der Waals surface area contributed by atoms with Crippen LogP contribution in [0.25, 0.3) is 21.9 Å². The summed E-state index contributed by atoms with van der Waals surface area (Å²) in [4.78, 5) is 21.2. The summed E-state index contributed by atoms with van der Waals surface area (Å²) in [5.74, 6) is 0.796. The highest BCUT2D eigenvalue weighted by Gasteiger charge is 2.05. The van der Waals surface area contributed by atoms with Gasteiger partial charge in [-0.15, -0.1) is 0 Å². The van der Waals surface area contributed by atoms with Crippen molar-refractivity contribution in [1.82, 2.24) is 15.0 Å². The number of hydrogen-bond acceptors (Lipinski definition) is 4. The minimum absolute atomic E-state index is 0.192. The van der Waals surface area contributed by atoms with Crippen molar-refractivity contribution in [2.24, 2.45) is 0 Å². The minimum atomic E-state index is -0.192. The Balaban J connectivity index is 1.64. The zero-order valence-electron chi connectivity index (χ0n) is 13.1. The fourth-order valence-electron chi connectivity index (χ4n) is 2.79. The van der Waals surface area contributed by atoms with Crippen LogP contribution in [-0.2, 0) is 6.54 Å². The van der Waals surface area contributed by atoms with Gasteiger partial charge >= 0.3 is 5.69 Å². The number of nitrogens with one attached hydrogen (secondary N) is 3. The van der Waals surface area contributed by atoms with Gasteiger partial charge in [-0.1, -0.05) is 6.07 Å². The van der Waals surface area contributed by atoms with Gasteiger partial charge in [0.1, 0.15) is 5.75 Å².